The Bertz CT molecular complexity index is 575. The van der Waals surface area contributed by atoms with Crippen molar-refractivity contribution in [3.05, 3.63) is 23.3 Å². The summed E-state index contributed by atoms with van der Waals surface area (Å²) < 4.78 is 27.5. The second kappa shape index (κ2) is 5.71. The standard InChI is InChI=1S/C14H22N2O3S/c1-9-5-12(15)6-10(2)14(9)20(18,19)16-8-11-3-4-13(17)7-11/h5-6,11,13,16-17H,3-4,7-8,15H2,1-2H3. The molecule has 2 rings (SSSR count). The van der Waals surface area contributed by atoms with Crippen LogP contribution in [0.5, 0.6) is 0 Å². The van der Waals surface area contributed by atoms with Gasteiger partial charge in [0.05, 0.1) is 11.0 Å². The van der Waals surface area contributed by atoms with Gasteiger partial charge in [-0.1, -0.05) is 0 Å². The van der Waals surface area contributed by atoms with Crippen molar-refractivity contribution in [3.63, 3.8) is 0 Å². The van der Waals surface area contributed by atoms with E-state index in [0.717, 1.165) is 12.8 Å². The van der Waals surface area contributed by atoms with Gasteiger partial charge >= 0.3 is 0 Å². The van der Waals surface area contributed by atoms with E-state index < -0.39 is 10.0 Å². The monoisotopic (exact) mass is 298 g/mol. The van der Waals surface area contributed by atoms with Crippen molar-refractivity contribution in [1.29, 1.82) is 0 Å². The lowest BCUT2D eigenvalue weighted by atomic mass is 10.1. The molecule has 6 heteroatoms. The SMILES string of the molecule is Cc1cc(N)cc(C)c1S(=O)(=O)NCC1CCC(O)C1. The molecule has 1 aromatic rings. The summed E-state index contributed by atoms with van der Waals surface area (Å²) in [5.74, 6) is 0.217. The van der Waals surface area contributed by atoms with Crippen LogP contribution >= 0.6 is 0 Å². The van der Waals surface area contributed by atoms with Crippen LogP contribution in [0.2, 0.25) is 0 Å². The van der Waals surface area contributed by atoms with E-state index in [4.69, 9.17) is 5.73 Å². The van der Waals surface area contributed by atoms with Crippen LogP contribution < -0.4 is 10.5 Å². The molecule has 0 saturated heterocycles. The van der Waals surface area contributed by atoms with Crippen molar-refractivity contribution in [2.75, 3.05) is 12.3 Å². The minimum absolute atomic E-state index is 0.217. The van der Waals surface area contributed by atoms with Gasteiger partial charge in [0.25, 0.3) is 0 Å². The zero-order valence-electron chi connectivity index (χ0n) is 11.9. The minimum atomic E-state index is -3.53. The summed E-state index contributed by atoms with van der Waals surface area (Å²) in [5.41, 5.74) is 7.59. The molecule has 1 fully saturated rings. The molecule has 0 amide bonds. The zero-order chi connectivity index (χ0) is 14.9. The molecule has 0 heterocycles. The molecular formula is C14H22N2O3S. The highest BCUT2D eigenvalue weighted by molar-refractivity contribution is 7.89. The van der Waals surface area contributed by atoms with Crippen molar-refractivity contribution in [2.24, 2.45) is 5.92 Å². The molecule has 5 nitrogen and oxygen atoms in total. The normalized spacial score (nSPS) is 23.1. The molecule has 112 valence electrons. The summed E-state index contributed by atoms with van der Waals surface area (Å²) >= 11 is 0. The Labute approximate surface area is 120 Å². The second-order valence-corrected chi connectivity index (χ2v) is 7.37. The summed E-state index contributed by atoms with van der Waals surface area (Å²) in [4.78, 5) is 0.310. The lowest BCUT2D eigenvalue weighted by Gasteiger charge is -2.15. The smallest absolute Gasteiger partial charge is 0.241 e. The van der Waals surface area contributed by atoms with Gasteiger partial charge in [-0.15, -0.1) is 0 Å². The van der Waals surface area contributed by atoms with E-state index in [1.165, 1.54) is 0 Å². The Morgan fingerprint density at radius 1 is 1.30 bits per heavy atom. The number of aryl methyl sites for hydroxylation is 2. The maximum absolute atomic E-state index is 12.4. The fourth-order valence-corrected chi connectivity index (χ4v) is 4.51. The summed E-state index contributed by atoms with van der Waals surface area (Å²) in [6, 6.07) is 3.34. The average Bonchev–Trinajstić information content (AvgIpc) is 2.71. The number of aliphatic hydroxyl groups excluding tert-OH is 1. The number of rotatable bonds is 4. The number of anilines is 1. The van der Waals surface area contributed by atoms with Gasteiger partial charge in [0, 0.05) is 12.2 Å². The maximum Gasteiger partial charge on any atom is 0.241 e. The Balaban J connectivity index is 2.15. The largest absolute Gasteiger partial charge is 0.399 e. The van der Waals surface area contributed by atoms with E-state index in [9.17, 15) is 13.5 Å². The van der Waals surface area contributed by atoms with Gasteiger partial charge in [0.2, 0.25) is 10.0 Å². The predicted octanol–water partition coefficient (Wildman–Crippen LogP) is 1.32. The van der Waals surface area contributed by atoms with Gasteiger partial charge in [-0.05, 0) is 62.3 Å². The van der Waals surface area contributed by atoms with E-state index in [1.807, 2.05) is 0 Å². The zero-order valence-corrected chi connectivity index (χ0v) is 12.7. The fraction of sp³-hybridized carbons (Fsp3) is 0.571. The van der Waals surface area contributed by atoms with Crippen molar-refractivity contribution in [3.8, 4) is 0 Å². The summed E-state index contributed by atoms with van der Waals surface area (Å²) in [6.45, 7) is 3.87. The van der Waals surface area contributed by atoms with Crippen molar-refractivity contribution < 1.29 is 13.5 Å². The predicted molar refractivity (Wildman–Crippen MR) is 78.9 cm³/mol. The number of hydrogen-bond donors (Lipinski definition) is 3. The van der Waals surface area contributed by atoms with E-state index in [-0.39, 0.29) is 12.0 Å². The van der Waals surface area contributed by atoms with Crippen molar-refractivity contribution >= 4 is 15.7 Å². The first kappa shape index (κ1) is 15.3. The highest BCUT2D eigenvalue weighted by Crippen LogP contribution is 2.26. The molecule has 2 unspecified atom stereocenters. The van der Waals surface area contributed by atoms with Crippen LogP contribution in [0.3, 0.4) is 0 Å². The highest BCUT2D eigenvalue weighted by Gasteiger charge is 2.26. The van der Waals surface area contributed by atoms with Gasteiger partial charge in [-0.25, -0.2) is 13.1 Å². The molecule has 2 atom stereocenters. The maximum atomic E-state index is 12.4. The molecule has 1 aliphatic rings. The summed E-state index contributed by atoms with van der Waals surface area (Å²) in [5, 5.41) is 9.47. The van der Waals surface area contributed by atoms with Crippen LogP contribution in [-0.4, -0.2) is 26.2 Å². The van der Waals surface area contributed by atoms with Gasteiger partial charge in [-0.2, -0.15) is 0 Å². The van der Waals surface area contributed by atoms with Crippen LogP contribution in [0.15, 0.2) is 17.0 Å². The fourth-order valence-electron chi connectivity index (χ4n) is 2.94. The van der Waals surface area contributed by atoms with Crippen LogP contribution in [0.1, 0.15) is 30.4 Å². The topological polar surface area (TPSA) is 92.4 Å². The average molecular weight is 298 g/mol. The lowest BCUT2D eigenvalue weighted by molar-refractivity contribution is 0.178. The third-order valence-corrected chi connectivity index (χ3v) is 5.56. The van der Waals surface area contributed by atoms with Gasteiger partial charge in [-0.3, -0.25) is 0 Å². The number of nitrogen functional groups attached to an aromatic ring is 1. The molecule has 0 radical (unpaired) electrons. The van der Waals surface area contributed by atoms with Gasteiger partial charge in [0.1, 0.15) is 0 Å². The molecule has 1 saturated carbocycles. The first-order chi connectivity index (χ1) is 9.29. The van der Waals surface area contributed by atoms with Crippen molar-refractivity contribution in [2.45, 2.75) is 44.1 Å². The molecule has 0 spiro atoms. The summed E-state index contributed by atoms with van der Waals surface area (Å²) in [6.07, 6.45) is 2.00. The number of nitrogens with one attached hydrogen (secondary N) is 1. The Kier molecular flexibility index (Phi) is 4.36. The molecule has 0 aliphatic heterocycles. The number of benzene rings is 1. The van der Waals surface area contributed by atoms with Crippen LogP contribution in [-0.2, 0) is 10.0 Å². The molecule has 0 bridgehead atoms. The number of hydrogen-bond acceptors (Lipinski definition) is 4. The number of aliphatic hydroxyl groups is 1. The summed E-state index contributed by atoms with van der Waals surface area (Å²) in [7, 11) is -3.53. The second-order valence-electron chi connectivity index (χ2n) is 5.67. The lowest BCUT2D eigenvalue weighted by Crippen LogP contribution is -2.30. The highest BCUT2D eigenvalue weighted by atomic mass is 32.2. The minimum Gasteiger partial charge on any atom is -0.399 e. The Hall–Kier alpha value is -1.11. The number of sulfonamides is 1. The molecule has 1 aliphatic carbocycles. The van der Waals surface area contributed by atoms with Crippen LogP contribution in [0.25, 0.3) is 0 Å². The molecule has 20 heavy (non-hydrogen) atoms. The molecule has 0 aromatic heterocycles. The van der Waals surface area contributed by atoms with E-state index in [1.54, 1.807) is 26.0 Å². The van der Waals surface area contributed by atoms with Crippen LogP contribution in [0.4, 0.5) is 5.69 Å². The van der Waals surface area contributed by atoms with E-state index in [0.29, 0.717) is 34.7 Å². The number of nitrogens with two attached hydrogens (primary N) is 1. The van der Waals surface area contributed by atoms with E-state index >= 15 is 0 Å². The molecule has 1 aromatic carbocycles. The Morgan fingerprint density at radius 2 is 1.90 bits per heavy atom. The Morgan fingerprint density at radius 3 is 2.40 bits per heavy atom. The molecule has 4 N–H and O–H groups in total. The first-order valence-electron chi connectivity index (χ1n) is 6.84. The first-order valence-corrected chi connectivity index (χ1v) is 8.32. The van der Waals surface area contributed by atoms with Gasteiger partial charge < -0.3 is 10.8 Å². The van der Waals surface area contributed by atoms with Crippen LogP contribution in [0, 0.1) is 19.8 Å². The third-order valence-electron chi connectivity index (χ3n) is 3.83. The quantitative estimate of drug-likeness (QED) is 0.731. The van der Waals surface area contributed by atoms with Gasteiger partial charge in [0.15, 0.2) is 0 Å². The van der Waals surface area contributed by atoms with Crippen molar-refractivity contribution in [1.82, 2.24) is 4.72 Å². The van der Waals surface area contributed by atoms with E-state index in [2.05, 4.69) is 4.72 Å². The third kappa shape index (κ3) is 3.31. The molecular weight excluding hydrogens is 276 g/mol.